The third-order valence-corrected chi connectivity index (χ3v) is 4.25. The molecule has 1 aromatic carbocycles. The van der Waals surface area contributed by atoms with Crippen LogP contribution >= 0.6 is 11.6 Å². The van der Waals surface area contributed by atoms with Crippen LogP contribution in [0.3, 0.4) is 0 Å². The molecule has 0 aliphatic rings. The summed E-state index contributed by atoms with van der Waals surface area (Å²) in [5.74, 6) is 0.154. The summed E-state index contributed by atoms with van der Waals surface area (Å²) in [5.41, 5.74) is 1.15. The van der Waals surface area contributed by atoms with Crippen molar-refractivity contribution in [1.82, 2.24) is 5.32 Å². The van der Waals surface area contributed by atoms with E-state index in [1.807, 2.05) is 31.2 Å². The minimum absolute atomic E-state index is 0.0674. The summed E-state index contributed by atoms with van der Waals surface area (Å²) in [6, 6.07) is 7.80. The molecule has 0 saturated carbocycles. The molecule has 0 spiro atoms. The van der Waals surface area contributed by atoms with Crippen LogP contribution in [0.15, 0.2) is 24.3 Å². The Morgan fingerprint density at radius 3 is 2.32 bits per heavy atom. The lowest BCUT2D eigenvalue weighted by Crippen LogP contribution is -2.35. The predicted octanol–water partition coefficient (Wildman–Crippen LogP) is 3.20. The zero-order chi connectivity index (χ0) is 14.5. The molecule has 0 fully saturated rings. The van der Waals surface area contributed by atoms with Crippen molar-refractivity contribution in [2.45, 2.75) is 38.8 Å². The van der Waals surface area contributed by atoms with Crippen molar-refractivity contribution in [2.24, 2.45) is 0 Å². The third kappa shape index (κ3) is 6.41. The topological polar surface area (TPSA) is 46.2 Å². The van der Waals surface area contributed by atoms with Crippen LogP contribution in [0.25, 0.3) is 0 Å². The van der Waals surface area contributed by atoms with Crippen molar-refractivity contribution in [3.05, 3.63) is 34.9 Å². The van der Waals surface area contributed by atoms with Crippen molar-refractivity contribution in [2.75, 3.05) is 12.0 Å². The van der Waals surface area contributed by atoms with Gasteiger partial charge in [0.15, 0.2) is 0 Å². The van der Waals surface area contributed by atoms with Crippen LogP contribution in [0.2, 0.25) is 5.02 Å². The van der Waals surface area contributed by atoms with Crippen molar-refractivity contribution in [3.8, 4) is 0 Å². The molecule has 19 heavy (non-hydrogen) atoms. The molecule has 1 N–H and O–H groups in total. The Morgan fingerprint density at radius 2 is 1.84 bits per heavy atom. The summed E-state index contributed by atoms with van der Waals surface area (Å²) < 4.78 is 22.6. The van der Waals surface area contributed by atoms with Gasteiger partial charge in [0, 0.05) is 23.4 Å². The summed E-state index contributed by atoms with van der Waals surface area (Å²) in [5, 5.41) is 4.10. The molecule has 2 atom stereocenters. The van der Waals surface area contributed by atoms with Gasteiger partial charge in [-0.05, 0) is 31.0 Å². The lowest BCUT2D eigenvalue weighted by atomic mass is 10.0. The quantitative estimate of drug-likeness (QED) is 0.841. The van der Waals surface area contributed by atoms with Crippen LogP contribution < -0.4 is 5.32 Å². The second-order valence-electron chi connectivity index (χ2n) is 5.05. The molecule has 5 heteroatoms. The molecule has 1 aromatic rings. The summed E-state index contributed by atoms with van der Waals surface area (Å²) in [4.78, 5) is 0. The Morgan fingerprint density at radius 1 is 1.26 bits per heavy atom. The van der Waals surface area contributed by atoms with Crippen LogP contribution in [0.4, 0.5) is 0 Å². The first-order chi connectivity index (χ1) is 8.81. The summed E-state index contributed by atoms with van der Waals surface area (Å²) >= 11 is 5.89. The van der Waals surface area contributed by atoms with Crippen molar-refractivity contribution in [3.63, 3.8) is 0 Å². The standard InChI is InChI=1S/C14H22ClNO2S/c1-4-5-14(12-6-8-13(15)9-7-12)16-11(2)10-19(3,17)18/h6-9,11,14,16H,4-5,10H2,1-3H3. The number of sulfone groups is 1. The first-order valence-electron chi connectivity index (χ1n) is 6.51. The van der Waals surface area contributed by atoms with Gasteiger partial charge in [-0.25, -0.2) is 8.42 Å². The molecule has 0 saturated heterocycles. The molecule has 0 aromatic heterocycles. The van der Waals surface area contributed by atoms with E-state index in [1.54, 1.807) is 0 Å². The molecule has 0 radical (unpaired) electrons. The molecule has 2 unspecified atom stereocenters. The Hall–Kier alpha value is -0.580. The van der Waals surface area contributed by atoms with Gasteiger partial charge in [0.05, 0.1) is 5.75 Å². The predicted molar refractivity (Wildman–Crippen MR) is 81.4 cm³/mol. The summed E-state index contributed by atoms with van der Waals surface area (Å²) in [6.45, 7) is 4.02. The molecule has 0 aliphatic heterocycles. The summed E-state index contributed by atoms with van der Waals surface area (Å²) in [7, 11) is -2.96. The van der Waals surface area contributed by atoms with Crippen LogP contribution in [-0.4, -0.2) is 26.5 Å². The van der Waals surface area contributed by atoms with Crippen LogP contribution in [0.1, 0.15) is 38.3 Å². The van der Waals surface area contributed by atoms with Crippen molar-refractivity contribution < 1.29 is 8.42 Å². The van der Waals surface area contributed by atoms with Gasteiger partial charge in [0.1, 0.15) is 9.84 Å². The Bertz CT molecular complexity index is 485. The van der Waals surface area contributed by atoms with E-state index in [0.29, 0.717) is 5.02 Å². The number of hydrogen-bond donors (Lipinski definition) is 1. The van der Waals surface area contributed by atoms with Crippen LogP contribution in [0, 0.1) is 0 Å². The first kappa shape index (κ1) is 16.5. The zero-order valence-electron chi connectivity index (χ0n) is 11.7. The largest absolute Gasteiger partial charge is 0.306 e. The van der Waals surface area contributed by atoms with Gasteiger partial charge in [-0.1, -0.05) is 37.1 Å². The van der Waals surface area contributed by atoms with E-state index in [0.717, 1.165) is 18.4 Å². The van der Waals surface area contributed by atoms with E-state index in [1.165, 1.54) is 6.26 Å². The van der Waals surface area contributed by atoms with Gasteiger partial charge >= 0.3 is 0 Å². The molecule has 0 heterocycles. The maximum absolute atomic E-state index is 11.3. The lowest BCUT2D eigenvalue weighted by Gasteiger charge is -2.23. The molecular formula is C14H22ClNO2S. The first-order valence-corrected chi connectivity index (χ1v) is 8.95. The molecule has 0 bridgehead atoms. The van der Waals surface area contributed by atoms with Crippen molar-refractivity contribution in [1.29, 1.82) is 0 Å². The number of benzene rings is 1. The third-order valence-electron chi connectivity index (χ3n) is 2.89. The molecule has 0 amide bonds. The SMILES string of the molecule is CCCC(NC(C)CS(C)(=O)=O)c1ccc(Cl)cc1. The fraction of sp³-hybridized carbons (Fsp3) is 0.571. The second kappa shape index (κ2) is 7.27. The zero-order valence-corrected chi connectivity index (χ0v) is 13.3. The van der Waals surface area contributed by atoms with Gasteiger partial charge in [0.2, 0.25) is 0 Å². The van der Waals surface area contributed by atoms with Crippen LogP contribution in [0.5, 0.6) is 0 Å². The van der Waals surface area contributed by atoms with E-state index >= 15 is 0 Å². The highest BCUT2D eigenvalue weighted by Gasteiger charge is 2.16. The average molecular weight is 304 g/mol. The highest BCUT2D eigenvalue weighted by atomic mass is 35.5. The second-order valence-corrected chi connectivity index (χ2v) is 7.67. The number of halogens is 1. The van der Waals surface area contributed by atoms with Gasteiger partial charge in [0.25, 0.3) is 0 Å². The minimum atomic E-state index is -2.96. The Labute approximate surface area is 121 Å². The molecule has 1 rings (SSSR count). The van der Waals surface area contributed by atoms with E-state index in [-0.39, 0.29) is 17.8 Å². The lowest BCUT2D eigenvalue weighted by molar-refractivity contribution is 0.447. The normalized spacial score (nSPS) is 15.2. The maximum atomic E-state index is 11.3. The van der Waals surface area contributed by atoms with E-state index in [2.05, 4.69) is 12.2 Å². The number of rotatable bonds is 7. The summed E-state index contributed by atoms with van der Waals surface area (Å²) in [6.07, 6.45) is 3.27. The Balaban J connectivity index is 2.75. The highest BCUT2D eigenvalue weighted by Crippen LogP contribution is 2.21. The van der Waals surface area contributed by atoms with Crippen molar-refractivity contribution >= 4 is 21.4 Å². The fourth-order valence-corrected chi connectivity index (χ4v) is 3.31. The fourth-order valence-electron chi connectivity index (χ4n) is 2.18. The van der Waals surface area contributed by atoms with Gasteiger partial charge in [-0.2, -0.15) is 0 Å². The maximum Gasteiger partial charge on any atom is 0.148 e. The monoisotopic (exact) mass is 303 g/mol. The molecule has 0 aliphatic carbocycles. The number of hydrogen-bond acceptors (Lipinski definition) is 3. The van der Waals surface area contributed by atoms with Gasteiger partial charge in [-0.15, -0.1) is 0 Å². The highest BCUT2D eigenvalue weighted by molar-refractivity contribution is 7.90. The van der Waals surface area contributed by atoms with E-state index in [9.17, 15) is 8.42 Å². The number of nitrogens with one attached hydrogen (secondary N) is 1. The molecular weight excluding hydrogens is 282 g/mol. The van der Waals surface area contributed by atoms with Gasteiger partial charge < -0.3 is 5.32 Å². The van der Waals surface area contributed by atoms with Gasteiger partial charge in [-0.3, -0.25) is 0 Å². The van der Waals surface area contributed by atoms with E-state index in [4.69, 9.17) is 11.6 Å². The average Bonchev–Trinajstić information content (AvgIpc) is 2.27. The van der Waals surface area contributed by atoms with Crippen LogP contribution in [-0.2, 0) is 9.84 Å². The minimum Gasteiger partial charge on any atom is -0.306 e. The smallest absolute Gasteiger partial charge is 0.148 e. The Kier molecular flexibility index (Phi) is 6.30. The van der Waals surface area contributed by atoms with E-state index < -0.39 is 9.84 Å². The molecule has 3 nitrogen and oxygen atoms in total. The molecule has 108 valence electrons.